The van der Waals surface area contributed by atoms with E-state index in [0.717, 1.165) is 6.07 Å². The van der Waals surface area contributed by atoms with Crippen LogP contribution in [0.3, 0.4) is 0 Å². The van der Waals surface area contributed by atoms with Gasteiger partial charge in [0.05, 0.1) is 30.4 Å². The van der Waals surface area contributed by atoms with Crippen molar-refractivity contribution in [1.82, 2.24) is 15.0 Å². The standard InChI is InChI=1S/C18H17F3N4O/c1-9(11-5-4-6-12(16(11)19)17(20)21)23-18-13-7-15(26-3)22-8-14(13)24-10(2)25-18/h4-9,17H,1-3H3,(H,23,24,25)/t9-/m1/s1. The second kappa shape index (κ2) is 7.15. The quantitative estimate of drug-likeness (QED) is 0.719. The molecule has 5 nitrogen and oxygen atoms in total. The van der Waals surface area contributed by atoms with E-state index in [9.17, 15) is 13.2 Å². The lowest BCUT2D eigenvalue weighted by Gasteiger charge is -2.18. The van der Waals surface area contributed by atoms with E-state index >= 15 is 0 Å². The molecule has 3 aromatic rings. The Morgan fingerprint density at radius 1 is 1.15 bits per heavy atom. The molecule has 3 rings (SSSR count). The van der Waals surface area contributed by atoms with Crippen LogP contribution >= 0.6 is 0 Å². The van der Waals surface area contributed by atoms with E-state index in [0.29, 0.717) is 28.4 Å². The van der Waals surface area contributed by atoms with Gasteiger partial charge in [-0.05, 0) is 13.8 Å². The number of fused-ring (bicyclic) bond motifs is 1. The molecule has 0 saturated heterocycles. The van der Waals surface area contributed by atoms with Crippen molar-refractivity contribution in [1.29, 1.82) is 0 Å². The van der Waals surface area contributed by atoms with E-state index in [2.05, 4.69) is 20.3 Å². The lowest BCUT2D eigenvalue weighted by atomic mass is 10.0. The lowest BCUT2D eigenvalue weighted by Crippen LogP contribution is -2.12. The van der Waals surface area contributed by atoms with Gasteiger partial charge in [-0.3, -0.25) is 0 Å². The maximum absolute atomic E-state index is 14.4. The Hall–Kier alpha value is -2.90. The molecule has 0 amide bonds. The number of hydrogen-bond donors (Lipinski definition) is 1. The predicted octanol–water partition coefficient (Wildman–Crippen LogP) is 4.59. The zero-order valence-electron chi connectivity index (χ0n) is 14.4. The van der Waals surface area contributed by atoms with Crippen LogP contribution in [0.1, 0.15) is 36.3 Å². The normalized spacial score (nSPS) is 12.4. The van der Waals surface area contributed by atoms with E-state index < -0.39 is 23.8 Å². The van der Waals surface area contributed by atoms with Gasteiger partial charge >= 0.3 is 0 Å². The highest BCUT2D eigenvalue weighted by Gasteiger charge is 2.20. The average Bonchev–Trinajstić information content (AvgIpc) is 2.61. The highest BCUT2D eigenvalue weighted by Crippen LogP contribution is 2.30. The Bertz CT molecular complexity index is 949. The van der Waals surface area contributed by atoms with Gasteiger partial charge < -0.3 is 10.1 Å². The molecule has 0 aliphatic rings. The second-order valence-corrected chi connectivity index (χ2v) is 5.78. The largest absolute Gasteiger partial charge is 0.481 e. The van der Waals surface area contributed by atoms with Crippen molar-refractivity contribution >= 4 is 16.7 Å². The first-order valence-corrected chi connectivity index (χ1v) is 7.92. The highest BCUT2D eigenvalue weighted by molar-refractivity contribution is 5.89. The summed E-state index contributed by atoms with van der Waals surface area (Å²) in [6.45, 7) is 3.40. The van der Waals surface area contributed by atoms with Gasteiger partial charge in [-0.25, -0.2) is 28.1 Å². The van der Waals surface area contributed by atoms with E-state index in [1.165, 1.54) is 19.2 Å². The van der Waals surface area contributed by atoms with Crippen molar-refractivity contribution in [2.45, 2.75) is 26.3 Å². The minimum atomic E-state index is -2.88. The van der Waals surface area contributed by atoms with Crippen LogP contribution in [0.15, 0.2) is 30.5 Å². The number of nitrogens with zero attached hydrogens (tertiary/aromatic N) is 3. The number of rotatable bonds is 5. The van der Waals surface area contributed by atoms with Crippen LogP contribution in [-0.4, -0.2) is 22.1 Å². The monoisotopic (exact) mass is 362 g/mol. The summed E-state index contributed by atoms with van der Waals surface area (Å²) < 4.78 is 45.4. The summed E-state index contributed by atoms with van der Waals surface area (Å²) in [5.74, 6) is 0.409. The summed E-state index contributed by atoms with van der Waals surface area (Å²) in [6.07, 6.45) is -1.32. The molecule has 0 radical (unpaired) electrons. The fraction of sp³-hybridized carbons (Fsp3) is 0.278. The molecule has 2 aromatic heterocycles. The maximum atomic E-state index is 14.4. The summed E-state index contributed by atoms with van der Waals surface area (Å²) >= 11 is 0. The third-order valence-electron chi connectivity index (χ3n) is 3.99. The number of nitrogens with one attached hydrogen (secondary N) is 1. The van der Waals surface area contributed by atoms with E-state index in [4.69, 9.17) is 4.74 Å². The molecule has 0 spiro atoms. The molecule has 8 heteroatoms. The molecule has 0 bridgehead atoms. The number of alkyl halides is 2. The van der Waals surface area contributed by atoms with E-state index in [1.807, 2.05) is 0 Å². The first kappa shape index (κ1) is 17.9. The number of hydrogen-bond acceptors (Lipinski definition) is 5. The predicted molar refractivity (Wildman–Crippen MR) is 92.0 cm³/mol. The number of aromatic nitrogens is 3. The van der Waals surface area contributed by atoms with Gasteiger partial charge in [-0.2, -0.15) is 0 Å². The topological polar surface area (TPSA) is 59.9 Å². The molecular formula is C18H17F3N4O. The third kappa shape index (κ3) is 3.40. The molecule has 0 fully saturated rings. The number of halogens is 3. The summed E-state index contributed by atoms with van der Waals surface area (Å²) in [4.78, 5) is 12.8. The lowest BCUT2D eigenvalue weighted by molar-refractivity contribution is 0.146. The number of ether oxygens (including phenoxy) is 1. The first-order chi connectivity index (χ1) is 12.4. The number of benzene rings is 1. The van der Waals surface area contributed by atoms with Crippen LogP contribution in [0.25, 0.3) is 10.9 Å². The minimum Gasteiger partial charge on any atom is -0.481 e. The Morgan fingerprint density at radius 2 is 1.88 bits per heavy atom. The summed E-state index contributed by atoms with van der Waals surface area (Å²) in [6, 6.07) is 5.03. The molecule has 1 N–H and O–H groups in total. The van der Waals surface area contributed by atoms with Gasteiger partial charge in [0.15, 0.2) is 0 Å². The second-order valence-electron chi connectivity index (χ2n) is 5.78. The van der Waals surface area contributed by atoms with Gasteiger partial charge in [0.2, 0.25) is 5.88 Å². The van der Waals surface area contributed by atoms with Gasteiger partial charge in [-0.1, -0.05) is 18.2 Å². The van der Waals surface area contributed by atoms with E-state index in [-0.39, 0.29) is 5.56 Å². The van der Waals surface area contributed by atoms with Gasteiger partial charge in [0, 0.05) is 17.0 Å². The van der Waals surface area contributed by atoms with E-state index in [1.54, 1.807) is 26.1 Å². The van der Waals surface area contributed by atoms with Crippen molar-refractivity contribution < 1.29 is 17.9 Å². The smallest absolute Gasteiger partial charge is 0.266 e. The van der Waals surface area contributed by atoms with Crippen molar-refractivity contribution in [3.8, 4) is 5.88 Å². The Kier molecular flexibility index (Phi) is 4.92. The first-order valence-electron chi connectivity index (χ1n) is 7.92. The number of methoxy groups -OCH3 is 1. The Labute approximate surface area is 148 Å². The van der Waals surface area contributed by atoms with Crippen LogP contribution in [-0.2, 0) is 0 Å². The van der Waals surface area contributed by atoms with Crippen molar-refractivity contribution in [3.63, 3.8) is 0 Å². The van der Waals surface area contributed by atoms with Gasteiger partial charge in [-0.15, -0.1) is 0 Å². The fourth-order valence-corrected chi connectivity index (χ4v) is 2.70. The molecule has 2 heterocycles. The van der Waals surface area contributed by atoms with Crippen molar-refractivity contribution in [2.75, 3.05) is 12.4 Å². The number of aryl methyl sites for hydroxylation is 1. The number of pyridine rings is 1. The molecule has 0 saturated carbocycles. The van der Waals surface area contributed by atoms with Crippen LogP contribution in [0, 0.1) is 12.7 Å². The number of anilines is 1. The summed E-state index contributed by atoms with van der Waals surface area (Å²) in [7, 11) is 1.49. The maximum Gasteiger partial charge on any atom is 0.266 e. The molecule has 136 valence electrons. The molecule has 26 heavy (non-hydrogen) atoms. The van der Waals surface area contributed by atoms with Crippen molar-refractivity contribution in [3.05, 3.63) is 53.2 Å². The molecule has 0 unspecified atom stereocenters. The minimum absolute atomic E-state index is 0.133. The average molecular weight is 362 g/mol. The zero-order valence-corrected chi connectivity index (χ0v) is 14.4. The molecular weight excluding hydrogens is 345 g/mol. The third-order valence-corrected chi connectivity index (χ3v) is 3.99. The Balaban J connectivity index is 2.02. The van der Waals surface area contributed by atoms with Gasteiger partial charge in [0.25, 0.3) is 6.43 Å². The van der Waals surface area contributed by atoms with Crippen LogP contribution in [0.4, 0.5) is 19.0 Å². The SMILES string of the molecule is COc1cc2c(N[C@H](C)c3cccc(C(F)F)c3F)nc(C)nc2cn1. The summed E-state index contributed by atoms with van der Waals surface area (Å²) in [5.41, 5.74) is 0.105. The molecule has 0 aliphatic heterocycles. The van der Waals surface area contributed by atoms with Crippen molar-refractivity contribution in [2.24, 2.45) is 0 Å². The van der Waals surface area contributed by atoms with Gasteiger partial charge in [0.1, 0.15) is 17.5 Å². The van der Waals surface area contributed by atoms with Crippen LogP contribution < -0.4 is 10.1 Å². The molecule has 1 aromatic carbocycles. The van der Waals surface area contributed by atoms with Crippen LogP contribution in [0.5, 0.6) is 5.88 Å². The van der Waals surface area contributed by atoms with Crippen LogP contribution in [0.2, 0.25) is 0 Å². The fourth-order valence-electron chi connectivity index (χ4n) is 2.70. The Morgan fingerprint density at radius 3 is 2.58 bits per heavy atom. The molecule has 1 atom stereocenters. The summed E-state index contributed by atoms with van der Waals surface area (Å²) in [5, 5.41) is 3.72. The zero-order chi connectivity index (χ0) is 18.8. The highest BCUT2D eigenvalue weighted by atomic mass is 19.3. The molecule has 0 aliphatic carbocycles.